The molecule has 3 aromatic rings. The highest BCUT2D eigenvalue weighted by atomic mass is 16.5. The number of carbonyl (C=O) groups excluding carboxylic acids is 2. The topological polar surface area (TPSA) is 105 Å². The van der Waals surface area contributed by atoms with Gasteiger partial charge in [-0.1, -0.05) is 13.0 Å². The van der Waals surface area contributed by atoms with E-state index in [-0.39, 0.29) is 11.9 Å². The summed E-state index contributed by atoms with van der Waals surface area (Å²) in [5.41, 5.74) is 2.63. The van der Waals surface area contributed by atoms with Gasteiger partial charge in [0.25, 0.3) is 5.91 Å². The Morgan fingerprint density at radius 3 is 2.61 bits per heavy atom. The van der Waals surface area contributed by atoms with E-state index in [4.69, 9.17) is 9.15 Å². The van der Waals surface area contributed by atoms with Crippen molar-refractivity contribution >= 4 is 17.6 Å². The van der Waals surface area contributed by atoms with Gasteiger partial charge in [-0.25, -0.2) is 9.78 Å². The summed E-state index contributed by atoms with van der Waals surface area (Å²) >= 11 is 0. The maximum Gasteiger partial charge on any atom is 0.319 e. The third-order valence-electron chi connectivity index (χ3n) is 4.47. The molecule has 162 valence electrons. The smallest absolute Gasteiger partial charge is 0.319 e. The molecule has 0 saturated heterocycles. The van der Waals surface area contributed by atoms with Gasteiger partial charge in [0, 0.05) is 36.3 Å². The second-order valence-electron chi connectivity index (χ2n) is 6.84. The van der Waals surface area contributed by atoms with Gasteiger partial charge in [-0.3, -0.25) is 4.79 Å². The molecule has 3 amide bonds. The summed E-state index contributed by atoms with van der Waals surface area (Å²) in [5, 5.41) is 8.33. The Balaban J connectivity index is 1.47. The quantitative estimate of drug-likeness (QED) is 0.486. The molecule has 2 aromatic carbocycles. The van der Waals surface area contributed by atoms with Crippen molar-refractivity contribution in [2.24, 2.45) is 0 Å². The van der Waals surface area contributed by atoms with Crippen LogP contribution in [0.5, 0.6) is 5.75 Å². The van der Waals surface area contributed by atoms with Crippen molar-refractivity contribution in [1.82, 2.24) is 15.6 Å². The summed E-state index contributed by atoms with van der Waals surface area (Å²) < 4.78 is 10.7. The second kappa shape index (κ2) is 10.8. The minimum absolute atomic E-state index is 0.162. The number of nitrogens with zero attached hydrogens (tertiary/aromatic N) is 1. The number of hydrogen-bond acceptors (Lipinski definition) is 5. The van der Waals surface area contributed by atoms with Crippen molar-refractivity contribution in [2.75, 3.05) is 25.5 Å². The number of hydrogen-bond donors (Lipinski definition) is 3. The largest absolute Gasteiger partial charge is 0.497 e. The average molecular weight is 422 g/mol. The second-order valence-corrected chi connectivity index (χ2v) is 6.84. The van der Waals surface area contributed by atoms with Crippen LogP contribution in [0.1, 0.15) is 29.4 Å². The van der Waals surface area contributed by atoms with Crippen molar-refractivity contribution in [3.8, 4) is 17.2 Å². The van der Waals surface area contributed by atoms with Crippen LogP contribution in [0.25, 0.3) is 11.5 Å². The highest BCUT2D eigenvalue weighted by Crippen LogP contribution is 2.21. The summed E-state index contributed by atoms with van der Waals surface area (Å²) in [5.74, 6) is 1.11. The van der Waals surface area contributed by atoms with Crippen molar-refractivity contribution in [3.05, 3.63) is 66.1 Å². The number of carbonyl (C=O) groups is 2. The first kappa shape index (κ1) is 21.9. The summed E-state index contributed by atoms with van der Waals surface area (Å²) in [6.07, 6.45) is 2.96. The molecule has 31 heavy (non-hydrogen) atoms. The van der Waals surface area contributed by atoms with Crippen LogP contribution >= 0.6 is 0 Å². The van der Waals surface area contributed by atoms with Crippen LogP contribution in [0.4, 0.5) is 10.5 Å². The van der Waals surface area contributed by atoms with E-state index >= 15 is 0 Å². The molecule has 0 atom stereocenters. The first-order valence-electron chi connectivity index (χ1n) is 10.1. The molecule has 0 aliphatic carbocycles. The van der Waals surface area contributed by atoms with Crippen LogP contribution in [0.15, 0.2) is 59.2 Å². The molecule has 8 nitrogen and oxygen atoms in total. The van der Waals surface area contributed by atoms with E-state index in [2.05, 4.69) is 20.9 Å². The molecular formula is C23H26N4O4. The molecule has 0 bridgehead atoms. The number of aromatic nitrogens is 1. The summed E-state index contributed by atoms with van der Waals surface area (Å²) in [6.45, 7) is 2.98. The Hall–Kier alpha value is -3.81. The fourth-order valence-electron chi connectivity index (χ4n) is 2.85. The van der Waals surface area contributed by atoms with Gasteiger partial charge >= 0.3 is 6.03 Å². The SMILES string of the molecule is CCCNC(=O)c1cccc(NC(=O)NCCc2coc(-c3ccc(OC)cc3)n2)c1. The number of rotatable bonds is 9. The van der Waals surface area contributed by atoms with Gasteiger partial charge in [-0.05, 0) is 48.9 Å². The number of urea groups is 1. The highest BCUT2D eigenvalue weighted by Gasteiger charge is 2.09. The van der Waals surface area contributed by atoms with E-state index in [0.717, 1.165) is 23.4 Å². The number of methoxy groups -OCH3 is 1. The first-order chi connectivity index (χ1) is 15.1. The molecule has 1 heterocycles. The number of benzene rings is 2. The molecule has 0 radical (unpaired) electrons. The highest BCUT2D eigenvalue weighted by molar-refractivity contribution is 5.96. The Morgan fingerprint density at radius 1 is 1.06 bits per heavy atom. The van der Waals surface area contributed by atoms with Crippen LogP contribution in [0, 0.1) is 0 Å². The normalized spacial score (nSPS) is 10.4. The predicted molar refractivity (Wildman–Crippen MR) is 118 cm³/mol. The minimum Gasteiger partial charge on any atom is -0.497 e. The summed E-state index contributed by atoms with van der Waals surface area (Å²) in [7, 11) is 1.61. The maximum absolute atomic E-state index is 12.2. The zero-order valence-corrected chi connectivity index (χ0v) is 17.6. The van der Waals surface area contributed by atoms with Crippen LogP contribution < -0.4 is 20.7 Å². The van der Waals surface area contributed by atoms with Gasteiger partial charge in [0.1, 0.15) is 12.0 Å². The predicted octanol–water partition coefficient (Wildman–Crippen LogP) is 3.85. The number of anilines is 1. The molecular weight excluding hydrogens is 396 g/mol. The lowest BCUT2D eigenvalue weighted by molar-refractivity contribution is 0.0953. The van der Waals surface area contributed by atoms with Gasteiger partial charge in [0.2, 0.25) is 5.89 Å². The van der Waals surface area contributed by atoms with Gasteiger partial charge < -0.3 is 25.1 Å². The molecule has 0 unspecified atom stereocenters. The third-order valence-corrected chi connectivity index (χ3v) is 4.47. The molecule has 1 aromatic heterocycles. The summed E-state index contributed by atoms with van der Waals surface area (Å²) in [6, 6.07) is 13.9. The maximum atomic E-state index is 12.2. The molecule has 8 heteroatoms. The minimum atomic E-state index is -0.356. The van der Waals surface area contributed by atoms with Crippen LogP contribution in [-0.4, -0.2) is 37.1 Å². The van der Waals surface area contributed by atoms with Crippen molar-refractivity contribution in [2.45, 2.75) is 19.8 Å². The van der Waals surface area contributed by atoms with Crippen molar-refractivity contribution in [3.63, 3.8) is 0 Å². The standard InChI is InChI=1S/C23H26N4O4/c1-3-12-24-21(28)17-5-4-6-18(14-17)27-23(29)25-13-11-19-15-31-22(26-19)16-7-9-20(30-2)10-8-16/h4-10,14-15H,3,11-13H2,1-2H3,(H,24,28)(H2,25,27,29). The van der Waals surface area contributed by atoms with Crippen molar-refractivity contribution in [1.29, 1.82) is 0 Å². The Morgan fingerprint density at radius 2 is 1.87 bits per heavy atom. The first-order valence-corrected chi connectivity index (χ1v) is 10.1. The lowest BCUT2D eigenvalue weighted by Crippen LogP contribution is -2.30. The zero-order valence-electron chi connectivity index (χ0n) is 17.6. The van der Waals surface area contributed by atoms with Gasteiger partial charge in [-0.15, -0.1) is 0 Å². The van der Waals surface area contributed by atoms with Gasteiger partial charge in [0.05, 0.1) is 12.8 Å². The number of amides is 3. The van der Waals surface area contributed by atoms with E-state index in [0.29, 0.717) is 36.7 Å². The van der Waals surface area contributed by atoms with E-state index in [1.165, 1.54) is 0 Å². The number of oxazole rings is 1. The monoisotopic (exact) mass is 422 g/mol. The zero-order chi connectivity index (χ0) is 22.1. The molecule has 0 saturated carbocycles. The average Bonchev–Trinajstić information content (AvgIpc) is 3.26. The molecule has 3 rings (SSSR count). The molecule has 0 aliphatic heterocycles. The Kier molecular flexibility index (Phi) is 7.64. The fourth-order valence-corrected chi connectivity index (χ4v) is 2.85. The molecule has 3 N–H and O–H groups in total. The lowest BCUT2D eigenvalue weighted by atomic mass is 10.2. The molecule has 0 fully saturated rings. The van der Waals surface area contributed by atoms with E-state index in [9.17, 15) is 9.59 Å². The van der Waals surface area contributed by atoms with Crippen LogP contribution in [0.3, 0.4) is 0 Å². The van der Waals surface area contributed by atoms with Crippen molar-refractivity contribution < 1.29 is 18.7 Å². The molecule has 0 spiro atoms. The Labute approximate surface area is 181 Å². The fraction of sp³-hybridized carbons (Fsp3) is 0.261. The number of nitrogens with one attached hydrogen (secondary N) is 3. The van der Waals surface area contributed by atoms with E-state index in [1.807, 2.05) is 31.2 Å². The molecule has 0 aliphatic rings. The van der Waals surface area contributed by atoms with Gasteiger partial charge in [0.15, 0.2) is 0 Å². The lowest BCUT2D eigenvalue weighted by Gasteiger charge is -2.09. The Bertz CT molecular complexity index is 1010. The van der Waals surface area contributed by atoms with E-state index < -0.39 is 0 Å². The van der Waals surface area contributed by atoms with Crippen LogP contribution in [0.2, 0.25) is 0 Å². The van der Waals surface area contributed by atoms with Gasteiger partial charge in [-0.2, -0.15) is 0 Å². The number of ether oxygens (including phenoxy) is 1. The van der Waals surface area contributed by atoms with E-state index in [1.54, 1.807) is 37.6 Å². The third kappa shape index (κ3) is 6.33. The van der Waals surface area contributed by atoms with Crippen LogP contribution in [-0.2, 0) is 6.42 Å². The summed E-state index contributed by atoms with van der Waals surface area (Å²) in [4.78, 5) is 28.7.